The van der Waals surface area contributed by atoms with Crippen LogP contribution in [0.4, 0.5) is 4.39 Å². The summed E-state index contributed by atoms with van der Waals surface area (Å²) in [5.41, 5.74) is 0. The number of rotatable bonds is 4. The highest BCUT2D eigenvalue weighted by molar-refractivity contribution is 7.89. The van der Waals surface area contributed by atoms with E-state index in [0.717, 1.165) is 19.4 Å². The summed E-state index contributed by atoms with van der Waals surface area (Å²) in [7, 11) is -1.98. The number of halogens is 4. The quantitative estimate of drug-likeness (QED) is 0.802. The van der Waals surface area contributed by atoms with Crippen molar-refractivity contribution < 1.29 is 12.8 Å². The van der Waals surface area contributed by atoms with Crippen molar-refractivity contribution in [2.24, 2.45) is 5.92 Å². The van der Waals surface area contributed by atoms with Gasteiger partial charge in [-0.3, -0.25) is 0 Å². The zero-order valence-electron chi connectivity index (χ0n) is 12.0. The molecule has 0 aromatic heterocycles. The van der Waals surface area contributed by atoms with Gasteiger partial charge in [-0.15, -0.1) is 12.4 Å². The van der Waals surface area contributed by atoms with Crippen molar-refractivity contribution in [3.8, 4) is 0 Å². The number of hydrogen-bond acceptors (Lipinski definition) is 3. The Morgan fingerprint density at radius 2 is 2.09 bits per heavy atom. The van der Waals surface area contributed by atoms with Crippen LogP contribution in [-0.2, 0) is 10.0 Å². The van der Waals surface area contributed by atoms with Crippen LogP contribution in [0.15, 0.2) is 17.0 Å². The second kappa shape index (κ2) is 8.13. The molecule has 9 heteroatoms. The van der Waals surface area contributed by atoms with E-state index in [2.05, 4.69) is 5.32 Å². The summed E-state index contributed by atoms with van der Waals surface area (Å²) in [5, 5.41) is 2.42. The Kier molecular flexibility index (Phi) is 7.36. The van der Waals surface area contributed by atoms with Crippen LogP contribution < -0.4 is 5.32 Å². The number of benzene rings is 1. The van der Waals surface area contributed by atoms with Gasteiger partial charge in [-0.2, -0.15) is 4.31 Å². The van der Waals surface area contributed by atoms with Crippen molar-refractivity contribution in [3.05, 3.63) is 28.0 Å². The van der Waals surface area contributed by atoms with Gasteiger partial charge in [0.05, 0.1) is 10.0 Å². The van der Waals surface area contributed by atoms with Gasteiger partial charge in [-0.25, -0.2) is 12.8 Å². The molecule has 126 valence electrons. The first kappa shape index (κ1) is 19.9. The van der Waals surface area contributed by atoms with Crippen LogP contribution in [0, 0.1) is 11.7 Å². The lowest BCUT2D eigenvalue weighted by atomic mass is 10.00. The second-order valence-electron chi connectivity index (χ2n) is 5.10. The van der Waals surface area contributed by atoms with Gasteiger partial charge in [0.1, 0.15) is 4.90 Å². The fraction of sp³-hybridized carbons (Fsp3) is 0.538. The fourth-order valence-corrected chi connectivity index (χ4v) is 4.82. The van der Waals surface area contributed by atoms with Crippen LogP contribution in [0.1, 0.15) is 12.8 Å². The van der Waals surface area contributed by atoms with Crippen LogP contribution >= 0.6 is 35.6 Å². The summed E-state index contributed by atoms with van der Waals surface area (Å²) >= 11 is 11.4. The van der Waals surface area contributed by atoms with Crippen LogP contribution in [0.3, 0.4) is 0 Å². The Balaban J connectivity index is 0.00000242. The zero-order chi connectivity index (χ0) is 15.6. The van der Waals surface area contributed by atoms with Gasteiger partial charge in [0.25, 0.3) is 0 Å². The molecule has 0 radical (unpaired) electrons. The third kappa shape index (κ3) is 4.04. The maximum absolute atomic E-state index is 13.7. The molecule has 1 aliphatic heterocycles. The SMILES string of the molecule is CNCC1CCCN(S(=O)(=O)c2ccc(Cl)c(F)c2Cl)C1.Cl. The van der Waals surface area contributed by atoms with E-state index in [9.17, 15) is 12.8 Å². The molecule has 0 amide bonds. The van der Waals surface area contributed by atoms with Crippen molar-refractivity contribution in [3.63, 3.8) is 0 Å². The van der Waals surface area contributed by atoms with Crippen molar-refractivity contribution in [1.29, 1.82) is 0 Å². The Morgan fingerprint density at radius 3 is 2.73 bits per heavy atom. The maximum atomic E-state index is 13.7. The summed E-state index contributed by atoms with van der Waals surface area (Å²) in [6.45, 7) is 1.57. The van der Waals surface area contributed by atoms with Crippen LogP contribution in [-0.4, -0.2) is 39.4 Å². The largest absolute Gasteiger partial charge is 0.319 e. The Labute approximate surface area is 146 Å². The summed E-state index contributed by atoms with van der Waals surface area (Å²) in [4.78, 5) is -0.226. The number of piperidine rings is 1. The molecule has 0 aliphatic carbocycles. The molecule has 4 nitrogen and oxygen atoms in total. The summed E-state index contributed by atoms with van der Waals surface area (Å²) in [6.07, 6.45) is 1.74. The van der Waals surface area contributed by atoms with Crippen molar-refractivity contribution in [2.75, 3.05) is 26.7 Å². The predicted octanol–water partition coefficient (Wildman–Crippen LogP) is 3.17. The normalized spacial score (nSPS) is 19.7. The maximum Gasteiger partial charge on any atom is 0.244 e. The van der Waals surface area contributed by atoms with E-state index in [1.54, 1.807) is 0 Å². The van der Waals surface area contributed by atoms with Crippen molar-refractivity contribution in [2.45, 2.75) is 17.7 Å². The first-order valence-corrected chi connectivity index (χ1v) is 8.85. The number of hydrogen-bond donors (Lipinski definition) is 1. The minimum absolute atomic E-state index is 0. The first-order valence-electron chi connectivity index (χ1n) is 6.66. The number of nitrogens with one attached hydrogen (secondary N) is 1. The van der Waals surface area contributed by atoms with E-state index in [0.29, 0.717) is 13.1 Å². The summed E-state index contributed by atoms with van der Waals surface area (Å²) in [5.74, 6) is -0.655. The van der Waals surface area contributed by atoms with Gasteiger partial charge in [0.2, 0.25) is 10.0 Å². The number of sulfonamides is 1. The predicted molar refractivity (Wildman–Crippen MR) is 89.1 cm³/mol. The lowest BCUT2D eigenvalue weighted by molar-refractivity contribution is 0.263. The lowest BCUT2D eigenvalue weighted by Gasteiger charge is -2.32. The Bertz CT molecular complexity index is 626. The van der Waals surface area contributed by atoms with Crippen LogP contribution in [0.25, 0.3) is 0 Å². The third-order valence-corrected chi connectivity index (χ3v) is 6.27. The van der Waals surface area contributed by atoms with Gasteiger partial charge in [-0.05, 0) is 44.5 Å². The van der Waals surface area contributed by atoms with Gasteiger partial charge >= 0.3 is 0 Å². The lowest BCUT2D eigenvalue weighted by Crippen LogP contribution is -2.42. The Hall–Kier alpha value is -0.110. The summed E-state index contributed by atoms with van der Waals surface area (Å²) in [6, 6.07) is 2.47. The molecule has 1 atom stereocenters. The molecule has 22 heavy (non-hydrogen) atoms. The van der Waals surface area contributed by atoms with E-state index in [-0.39, 0.29) is 28.2 Å². The number of nitrogens with zero attached hydrogens (tertiary/aromatic N) is 1. The Morgan fingerprint density at radius 1 is 1.41 bits per heavy atom. The molecule has 0 spiro atoms. The molecular weight excluding hydrogens is 374 g/mol. The second-order valence-corrected chi connectivity index (χ2v) is 7.79. The van der Waals surface area contributed by atoms with Gasteiger partial charge in [0, 0.05) is 13.1 Å². The minimum Gasteiger partial charge on any atom is -0.319 e. The molecule has 1 aromatic carbocycles. The molecule has 1 saturated heterocycles. The molecule has 2 rings (SSSR count). The molecule has 0 bridgehead atoms. The smallest absolute Gasteiger partial charge is 0.244 e. The third-order valence-electron chi connectivity index (χ3n) is 3.59. The van der Waals surface area contributed by atoms with Gasteiger partial charge in [-0.1, -0.05) is 23.2 Å². The molecule has 1 unspecified atom stereocenters. The van der Waals surface area contributed by atoms with E-state index >= 15 is 0 Å². The van der Waals surface area contributed by atoms with Gasteiger partial charge in [0.15, 0.2) is 5.82 Å². The molecular formula is C13H18Cl3FN2O2S. The van der Waals surface area contributed by atoms with Crippen molar-refractivity contribution in [1.82, 2.24) is 9.62 Å². The zero-order valence-corrected chi connectivity index (χ0v) is 15.1. The van der Waals surface area contributed by atoms with Crippen LogP contribution in [0.5, 0.6) is 0 Å². The molecule has 1 N–H and O–H groups in total. The highest BCUT2D eigenvalue weighted by Gasteiger charge is 2.32. The highest BCUT2D eigenvalue weighted by atomic mass is 35.5. The molecule has 1 aromatic rings. The van der Waals surface area contributed by atoms with E-state index in [1.807, 2.05) is 7.05 Å². The monoisotopic (exact) mass is 390 g/mol. The molecule has 1 heterocycles. The fourth-order valence-electron chi connectivity index (χ4n) is 2.55. The highest BCUT2D eigenvalue weighted by Crippen LogP contribution is 2.32. The van der Waals surface area contributed by atoms with Crippen molar-refractivity contribution >= 4 is 45.6 Å². The summed E-state index contributed by atoms with van der Waals surface area (Å²) < 4.78 is 40.4. The van der Waals surface area contributed by atoms with E-state index in [4.69, 9.17) is 23.2 Å². The van der Waals surface area contributed by atoms with Crippen LogP contribution in [0.2, 0.25) is 10.0 Å². The van der Waals surface area contributed by atoms with E-state index in [1.165, 1.54) is 16.4 Å². The molecule has 1 aliphatic rings. The molecule has 1 fully saturated rings. The average molecular weight is 392 g/mol. The van der Waals surface area contributed by atoms with Gasteiger partial charge < -0.3 is 5.32 Å². The minimum atomic E-state index is -3.81. The molecule has 0 saturated carbocycles. The topological polar surface area (TPSA) is 49.4 Å². The average Bonchev–Trinajstić information content (AvgIpc) is 2.45. The first-order chi connectivity index (χ1) is 9.87. The van der Waals surface area contributed by atoms with E-state index < -0.39 is 20.9 Å². The standard InChI is InChI=1S/C13H17Cl2FN2O2S.ClH/c1-17-7-9-3-2-6-18(8-9)21(19,20)11-5-4-10(14)13(16)12(11)15;/h4-5,9,17H,2-3,6-8H2,1H3;1H.